The van der Waals surface area contributed by atoms with Crippen molar-refractivity contribution >= 4 is 11.8 Å². The van der Waals surface area contributed by atoms with Crippen molar-refractivity contribution in [1.82, 2.24) is 15.5 Å². The number of nitrogens with one attached hydrogen (secondary N) is 1. The second-order valence-corrected chi connectivity index (χ2v) is 7.15. The molecular weight excluding hydrogens is 270 g/mol. The summed E-state index contributed by atoms with van der Waals surface area (Å²) in [6, 6.07) is 0.477. The molecule has 1 aromatic heterocycles. The Morgan fingerprint density at radius 3 is 2.60 bits per heavy atom. The molecule has 1 saturated heterocycles. The topological polar surface area (TPSA) is 51.0 Å². The van der Waals surface area contributed by atoms with Crippen molar-refractivity contribution in [3.8, 4) is 0 Å². The molecule has 112 valence electrons. The number of nitrogens with zero attached hydrogens (tertiary/aromatic N) is 2. The van der Waals surface area contributed by atoms with Gasteiger partial charge in [-0.05, 0) is 19.9 Å². The Hall–Kier alpha value is -0.550. The maximum absolute atomic E-state index is 5.59. The fourth-order valence-corrected chi connectivity index (χ4v) is 4.78. The van der Waals surface area contributed by atoms with Crippen LogP contribution in [-0.4, -0.2) is 34.7 Å². The van der Waals surface area contributed by atoms with E-state index < -0.39 is 0 Å². The third-order valence-corrected chi connectivity index (χ3v) is 5.89. The number of hydrogen-bond donors (Lipinski definition) is 1. The molecule has 2 fully saturated rings. The van der Waals surface area contributed by atoms with Gasteiger partial charge in [0.05, 0.1) is 5.92 Å². The molecule has 1 saturated carbocycles. The highest BCUT2D eigenvalue weighted by molar-refractivity contribution is 7.99. The molecule has 0 bridgehead atoms. The molecule has 1 aliphatic carbocycles. The van der Waals surface area contributed by atoms with E-state index in [1.807, 2.05) is 18.8 Å². The minimum atomic E-state index is 0.389. The first-order chi connectivity index (χ1) is 9.88. The smallest absolute Gasteiger partial charge is 0.232 e. The lowest BCUT2D eigenvalue weighted by atomic mass is 9.91. The van der Waals surface area contributed by atoms with Crippen LogP contribution in [0.1, 0.15) is 68.5 Å². The van der Waals surface area contributed by atoms with Crippen LogP contribution in [0.5, 0.6) is 0 Å². The zero-order valence-corrected chi connectivity index (χ0v) is 13.1. The summed E-state index contributed by atoms with van der Waals surface area (Å²) in [7, 11) is 2.02. The first-order valence-electron chi connectivity index (χ1n) is 7.97. The fraction of sp³-hybridized carbons (Fsp3) is 0.867. The van der Waals surface area contributed by atoms with E-state index in [-0.39, 0.29) is 0 Å². The van der Waals surface area contributed by atoms with Gasteiger partial charge < -0.3 is 9.84 Å². The maximum Gasteiger partial charge on any atom is 0.232 e. The summed E-state index contributed by atoms with van der Waals surface area (Å²) in [5.74, 6) is 4.97. The van der Waals surface area contributed by atoms with Crippen LogP contribution in [0, 0.1) is 0 Å². The Morgan fingerprint density at radius 2 is 1.85 bits per heavy atom. The van der Waals surface area contributed by atoms with E-state index in [1.165, 1.54) is 44.9 Å². The van der Waals surface area contributed by atoms with Crippen molar-refractivity contribution in [2.45, 2.75) is 62.8 Å². The first kappa shape index (κ1) is 14.4. The molecule has 20 heavy (non-hydrogen) atoms. The molecule has 4 nitrogen and oxygen atoms in total. The second-order valence-electron chi connectivity index (χ2n) is 6.07. The molecule has 1 aliphatic heterocycles. The number of aromatic nitrogens is 2. The van der Waals surface area contributed by atoms with Crippen LogP contribution in [0.25, 0.3) is 0 Å². The summed E-state index contributed by atoms with van der Waals surface area (Å²) >= 11 is 1.97. The summed E-state index contributed by atoms with van der Waals surface area (Å²) in [5, 5.41) is 7.67. The monoisotopic (exact) mass is 295 g/mol. The van der Waals surface area contributed by atoms with Gasteiger partial charge in [-0.2, -0.15) is 16.7 Å². The predicted molar refractivity (Wildman–Crippen MR) is 82.3 cm³/mol. The zero-order valence-electron chi connectivity index (χ0n) is 12.3. The van der Waals surface area contributed by atoms with Crippen molar-refractivity contribution in [1.29, 1.82) is 0 Å². The Kier molecular flexibility index (Phi) is 4.99. The van der Waals surface area contributed by atoms with Crippen molar-refractivity contribution in [2.75, 3.05) is 18.6 Å². The van der Waals surface area contributed by atoms with Crippen LogP contribution in [0.3, 0.4) is 0 Å². The summed E-state index contributed by atoms with van der Waals surface area (Å²) in [4.78, 5) is 4.76. The van der Waals surface area contributed by atoms with Gasteiger partial charge >= 0.3 is 0 Å². The van der Waals surface area contributed by atoms with Gasteiger partial charge in [0.1, 0.15) is 0 Å². The van der Waals surface area contributed by atoms with Gasteiger partial charge in [-0.1, -0.05) is 37.3 Å². The molecule has 2 atom stereocenters. The highest BCUT2D eigenvalue weighted by Crippen LogP contribution is 2.34. The number of hydrogen-bond acceptors (Lipinski definition) is 5. The highest BCUT2D eigenvalue weighted by Gasteiger charge is 2.33. The standard InChI is InChI=1S/C15H25N3OS/c1-16-13-10-20-9-12(13)15-17-14(18-19-15)11-7-5-3-2-4-6-8-11/h11-13,16H,2-10H2,1H3. The average molecular weight is 295 g/mol. The Bertz CT molecular complexity index is 415. The van der Waals surface area contributed by atoms with Crippen LogP contribution >= 0.6 is 11.8 Å². The van der Waals surface area contributed by atoms with E-state index in [2.05, 4.69) is 10.5 Å². The van der Waals surface area contributed by atoms with Gasteiger partial charge in [-0.15, -0.1) is 0 Å². The molecule has 2 unspecified atom stereocenters. The van der Waals surface area contributed by atoms with Gasteiger partial charge in [0.25, 0.3) is 0 Å². The minimum Gasteiger partial charge on any atom is -0.339 e. The van der Waals surface area contributed by atoms with Crippen LogP contribution < -0.4 is 5.32 Å². The van der Waals surface area contributed by atoms with E-state index in [0.717, 1.165) is 23.2 Å². The van der Waals surface area contributed by atoms with Gasteiger partial charge in [0, 0.05) is 23.5 Å². The first-order valence-corrected chi connectivity index (χ1v) is 9.12. The van der Waals surface area contributed by atoms with Crippen LogP contribution in [0.2, 0.25) is 0 Å². The van der Waals surface area contributed by atoms with E-state index in [4.69, 9.17) is 9.51 Å². The number of rotatable bonds is 3. The molecule has 2 heterocycles. The summed E-state index contributed by atoms with van der Waals surface area (Å²) in [6.45, 7) is 0. The van der Waals surface area contributed by atoms with Crippen LogP contribution in [-0.2, 0) is 0 Å². The van der Waals surface area contributed by atoms with Crippen LogP contribution in [0.15, 0.2) is 4.52 Å². The van der Waals surface area contributed by atoms with E-state index in [1.54, 1.807) is 0 Å². The fourth-order valence-electron chi connectivity index (χ4n) is 3.36. The average Bonchev–Trinajstić information content (AvgIpc) is 3.06. The van der Waals surface area contributed by atoms with E-state index in [0.29, 0.717) is 17.9 Å². The van der Waals surface area contributed by atoms with E-state index >= 15 is 0 Å². The largest absolute Gasteiger partial charge is 0.339 e. The predicted octanol–water partition coefficient (Wildman–Crippen LogP) is 3.32. The Labute approximate surface area is 125 Å². The molecule has 1 aromatic rings. The van der Waals surface area contributed by atoms with Crippen molar-refractivity contribution in [2.24, 2.45) is 0 Å². The van der Waals surface area contributed by atoms with Gasteiger partial charge in [0.15, 0.2) is 5.82 Å². The summed E-state index contributed by atoms with van der Waals surface area (Å²) in [6.07, 6.45) is 9.21. The quantitative estimate of drug-likeness (QED) is 0.927. The molecular formula is C15H25N3OS. The molecule has 0 radical (unpaired) electrons. The molecule has 0 aromatic carbocycles. The van der Waals surface area contributed by atoms with Gasteiger partial charge in [0.2, 0.25) is 5.89 Å². The highest BCUT2D eigenvalue weighted by atomic mass is 32.2. The maximum atomic E-state index is 5.59. The zero-order chi connectivity index (χ0) is 13.8. The third kappa shape index (κ3) is 3.19. The van der Waals surface area contributed by atoms with E-state index in [9.17, 15) is 0 Å². The minimum absolute atomic E-state index is 0.389. The summed E-state index contributed by atoms with van der Waals surface area (Å²) in [5.41, 5.74) is 0. The van der Waals surface area contributed by atoms with Crippen molar-refractivity contribution in [3.05, 3.63) is 11.7 Å². The second kappa shape index (κ2) is 6.94. The van der Waals surface area contributed by atoms with Gasteiger partial charge in [-0.25, -0.2) is 0 Å². The molecule has 1 N–H and O–H groups in total. The van der Waals surface area contributed by atoms with Crippen molar-refractivity contribution in [3.63, 3.8) is 0 Å². The molecule has 5 heteroatoms. The molecule has 0 spiro atoms. The number of thioether (sulfide) groups is 1. The Balaban J connectivity index is 1.69. The van der Waals surface area contributed by atoms with Crippen molar-refractivity contribution < 1.29 is 4.52 Å². The lowest BCUT2D eigenvalue weighted by Gasteiger charge is -2.16. The molecule has 0 amide bonds. The SMILES string of the molecule is CNC1CSCC1c1nc(C2CCCCCCC2)no1. The van der Waals surface area contributed by atoms with Gasteiger partial charge in [-0.3, -0.25) is 0 Å². The molecule has 2 aliphatic rings. The normalized spacial score (nSPS) is 29.2. The summed E-state index contributed by atoms with van der Waals surface area (Å²) < 4.78 is 5.59. The Morgan fingerprint density at radius 1 is 1.10 bits per heavy atom. The molecule has 3 rings (SSSR count). The number of likely N-dealkylation sites (N-methyl/N-ethyl adjacent to an activating group) is 1. The lowest BCUT2D eigenvalue weighted by Crippen LogP contribution is -2.31. The lowest BCUT2D eigenvalue weighted by molar-refractivity contribution is 0.335. The third-order valence-electron chi connectivity index (χ3n) is 4.70. The van der Waals surface area contributed by atoms with Crippen LogP contribution in [0.4, 0.5) is 0 Å².